The van der Waals surface area contributed by atoms with Crippen LogP contribution in [0, 0.1) is 23.0 Å². The summed E-state index contributed by atoms with van der Waals surface area (Å²) in [5.74, 6) is -0.976. The van der Waals surface area contributed by atoms with E-state index in [1.54, 1.807) is 12.1 Å². The Morgan fingerprint density at radius 1 is 1.03 bits per heavy atom. The minimum absolute atomic E-state index is 0.0177. The summed E-state index contributed by atoms with van der Waals surface area (Å²) in [7, 11) is 1.41. The molecule has 8 heteroatoms. The second kappa shape index (κ2) is 11.4. The molecule has 0 amide bonds. The third-order valence-corrected chi connectivity index (χ3v) is 7.25. The van der Waals surface area contributed by atoms with Gasteiger partial charge in [-0.3, -0.25) is 4.79 Å². The summed E-state index contributed by atoms with van der Waals surface area (Å²) < 4.78 is 46.8. The van der Waals surface area contributed by atoms with E-state index in [0.29, 0.717) is 24.8 Å². The van der Waals surface area contributed by atoms with Gasteiger partial charge in [-0.1, -0.05) is 26.7 Å². The molecule has 0 atom stereocenters. The van der Waals surface area contributed by atoms with E-state index in [-0.39, 0.29) is 40.4 Å². The van der Waals surface area contributed by atoms with E-state index < -0.39 is 11.6 Å². The molecule has 0 unspecified atom stereocenters. The Hall–Kier alpha value is -2.90. The van der Waals surface area contributed by atoms with Crippen molar-refractivity contribution in [2.75, 3.05) is 25.6 Å². The van der Waals surface area contributed by atoms with Gasteiger partial charge >= 0.3 is 5.97 Å². The summed E-state index contributed by atoms with van der Waals surface area (Å²) in [6.07, 6.45) is 7.02. The van der Waals surface area contributed by atoms with Gasteiger partial charge in [-0.2, -0.15) is 4.98 Å². The number of hydrogen-bond acceptors (Lipinski definition) is 6. The first-order chi connectivity index (χ1) is 17.4. The highest BCUT2D eigenvalue weighted by Gasteiger charge is 2.55. The molecule has 1 N–H and O–H groups in total. The molecule has 6 nitrogen and oxygen atoms in total. The molecule has 1 heterocycles. The van der Waals surface area contributed by atoms with Crippen LogP contribution in [0.25, 0.3) is 11.1 Å². The molecule has 2 aliphatic rings. The van der Waals surface area contributed by atoms with Crippen molar-refractivity contribution in [1.29, 1.82) is 0 Å². The number of unbranched alkanes of at least 4 members (excludes halogenated alkanes) is 2. The number of carbonyl (C=O) groups is 1. The standard InChI is InChI=1S/C28H36F2N2O4/c1-4-6-10-35-24-9-8-21(26(32-24)36-11-7-5-2)25-22(29)12-19(13-23(25)30)31-20-16-28(17-20)14-18(15-28)27(33)34-3/h8-9,12-13,18,20,31H,4-7,10-11,14-17H2,1-3H3. The van der Waals surface area contributed by atoms with Crippen LogP contribution in [0.4, 0.5) is 14.5 Å². The molecule has 1 aromatic carbocycles. The summed E-state index contributed by atoms with van der Waals surface area (Å²) in [6.45, 7) is 5.03. The number of nitrogens with zero attached hydrogens (tertiary/aromatic N) is 1. The number of aromatic nitrogens is 1. The van der Waals surface area contributed by atoms with Gasteiger partial charge in [0.05, 0.1) is 37.4 Å². The monoisotopic (exact) mass is 502 g/mol. The summed E-state index contributed by atoms with van der Waals surface area (Å²) in [5.41, 5.74) is 0.662. The van der Waals surface area contributed by atoms with Crippen molar-refractivity contribution >= 4 is 11.7 Å². The number of methoxy groups -OCH3 is 1. The maximum atomic E-state index is 15.2. The number of carbonyl (C=O) groups excluding carboxylic acids is 1. The molecule has 2 aliphatic carbocycles. The van der Waals surface area contributed by atoms with Crippen LogP contribution in [-0.2, 0) is 9.53 Å². The molecular weight excluding hydrogens is 466 g/mol. The van der Waals surface area contributed by atoms with Crippen molar-refractivity contribution < 1.29 is 27.8 Å². The number of rotatable bonds is 12. The van der Waals surface area contributed by atoms with Crippen molar-refractivity contribution in [3.8, 4) is 22.9 Å². The molecule has 2 saturated carbocycles. The second-order valence-corrected chi connectivity index (χ2v) is 10.1. The topological polar surface area (TPSA) is 69.7 Å². The maximum absolute atomic E-state index is 15.2. The summed E-state index contributed by atoms with van der Waals surface area (Å²) in [4.78, 5) is 16.1. The quantitative estimate of drug-likeness (QED) is 0.263. The van der Waals surface area contributed by atoms with Crippen LogP contribution in [-0.4, -0.2) is 37.3 Å². The van der Waals surface area contributed by atoms with Gasteiger partial charge in [0, 0.05) is 17.8 Å². The minimum atomic E-state index is -0.678. The predicted molar refractivity (Wildman–Crippen MR) is 134 cm³/mol. The Bertz CT molecular complexity index is 1040. The van der Waals surface area contributed by atoms with Crippen molar-refractivity contribution in [2.45, 2.75) is 71.3 Å². The second-order valence-electron chi connectivity index (χ2n) is 10.1. The first-order valence-corrected chi connectivity index (χ1v) is 13.0. The van der Waals surface area contributed by atoms with Crippen LogP contribution in [0.2, 0.25) is 0 Å². The number of anilines is 1. The Labute approximate surface area is 211 Å². The van der Waals surface area contributed by atoms with Crippen LogP contribution in [0.15, 0.2) is 24.3 Å². The molecular formula is C28H36F2N2O4. The normalized spacial score (nSPS) is 22.5. The lowest BCUT2D eigenvalue weighted by Gasteiger charge is -2.57. The van der Waals surface area contributed by atoms with E-state index in [2.05, 4.69) is 17.2 Å². The molecule has 2 aromatic rings. The zero-order valence-electron chi connectivity index (χ0n) is 21.4. The van der Waals surface area contributed by atoms with Gasteiger partial charge in [-0.05, 0) is 62.1 Å². The van der Waals surface area contributed by atoms with Crippen LogP contribution in [0.5, 0.6) is 11.8 Å². The van der Waals surface area contributed by atoms with E-state index >= 15 is 8.78 Å². The summed E-state index contributed by atoms with van der Waals surface area (Å²) in [5, 5.41) is 3.25. The molecule has 0 saturated heterocycles. The molecule has 1 spiro atoms. The number of benzene rings is 1. The van der Waals surface area contributed by atoms with Crippen molar-refractivity contribution in [3.63, 3.8) is 0 Å². The van der Waals surface area contributed by atoms with E-state index in [9.17, 15) is 4.79 Å². The Kier molecular flexibility index (Phi) is 8.32. The van der Waals surface area contributed by atoms with Crippen LogP contribution >= 0.6 is 0 Å². The minimum Gasteiger partial charge on any atom is -0.478 e. The highest BCUT2D eigenvalue weighted by atomic mass is 19.1. The molecule has 2 fully saturated rings. The van der Waals surface area contributed by atoms with Crippen molar-refractivity contribution in [1.82, 2.24) is 4.98 Å². The molecule has 0 bridgehead atoms. The highest BCUT2D eigenvalue weighted by Crippen LogP contribution is 2.59. The first-order valence-electron chi connectivity index (χ1n) is 13.0. The van der Waals surface area contributed by atoms with E-state index in [4.69, 9.17) is 14.2 Å². The lowest BCUT2D eigenvalue weighted by Crippen LogP contribution is -2.54. The summed E-state index contributed by atoms with van der Waals surface area (Å²) >= 11 is 0. The molecule has 4 rings (SSSR count). The Morgan fingerprint density at radius 2 is 1.67 bits per heavy atom. The number of esters is 1. The van der Waals surface area contributed by atoms with Gasteiger partial charge < -0.3 is 19.5 Å². The third-order valence-electron chi connectivity index (χ3n) is 7.25. The van der Waals surface area contributed by atoms with E-state index in [1.807, 2.05) is 6.92 Å². The summed E-state index contributed by atoms with van der Waals surface area (Å²) in [6, 6.07) is 6.00. The fourth-order valence-electron chi connectivity index (χ4n) is 5.33. The fraction of sp³-hybridized carbons (Fsp3) is 0.571. The van der Waals surface area contributed by atoms with Gasteiger partial charge in [-0.15, -0.1) is 0 Å². The van der Waals surface area contributed by atoms with E-state index in [0.717, 1.165) is 51.4 Å². The lowest BCUT2D eigenvalue weighted by atomic mass is 9.50. The van der Waals surface area contributed by atoms with Gasteiger partial charge in [0.2, 0.25) is 11.8 Å². The molecule has 0 radical (unpaired) electrons. The van der Waals surface area contributed by atoms with Gasteiger partial charge in [-0.25, -0.2) is 8.78 Å². The fourth-order valence-corrected chi connectivity index (χ4v) is 5.33. The number of ether oxygens (including phenoxy) is 3. The van der Waals surface area contributed by atoms with Gasteiger partial charge in [0.15, 0.2) is 0 Å². The molecule has 0 aliphatic heterocycles. The zero-order valence-corrected chi connectivity index (χ0v) is 21.4. The van der Waals surface area contributed by atoms with Gasteiger partial charge in [0.25, 0.3) is 0 Å². The van der Waals surface area contributed by atoms with Gasteiger partial charge in [0.1, 0.15) is 11.6 Å². The Morgan fingerprint density at radius 3 is 2.28 bits per heavy atom. The predicted octanol–water partition coefficient (Wildman–Crippen LogP) is 6.53. The van der Waals surface area contributed by atoms with Crippen molar-refractivity contribution in [3.05, 3.63) is 35.9 Å². The zero-order chi connectivity index (χ0) is 25.7. The highest BCUT2D eigenvalue weighted by molar-refractivity contribution is 5.74. The number of halogens is 2. The first kappa shape index (κ1) is 26.2. The average Bonchev–Trinajstić information content (AvgIpc) is 2.80. The largest absolute Gasteiger partial charge is 0.478 e. The molecule has 36 heavy (non-hydrogen) atoms. The van der Waals surface area contributed by atoms with Crippen molar-refractivity contribution in [2.24, 2.45) is 11.3 Å². The van der Waals surface area contributed by atoms with Crippen LogP contribution in [0.3, 0.4) is 0 Å². The smallest absolute Gasteiger partial charge is 0.308 e. The molecule has 1 aromatic heterocycles. The third kappa shape index (κ3) is 5.73. The molecule has 196 valence electrons. The Balaban J connectivity index is 1.45. The lowest BCUT2D eigenvalue weighted by molar-refractivity contribution is -0.158. The number of hydrogen-bond donors (Lipinski definition) is 1. The SMILES string of the molecule is CCCCOc1ccc(-c2c(F)cc(NC3CC4(C3)CC(C(=O)OC)C4)cc2F)c(OCCCC)n1. The maximum Gasteiger partial charge on any atom is 0.308 e. The average molecular weight is 503 g/mol. The number of nitrogens with one attached hydrogen (secondary N) is 1. The van der Waals surface area contributed by atoms with Crippen LogP contribution in [0.1, 0.15) is 65.2 Å². The van der Waals surface area contributed by atoms with Crippen LogP contribution < -0.4 is 14.8 Å². The number of pyridine rings is 1. The van der Waals surface area contributed by atoms with E-state index in [1.165, 1.54) is 19.2 Å².